The molecule has 6 heteroatoms. The summed E-state index contributed by atoms with van der Waals surface area (Å²) in [5, 5.41) is 0. The van der Waals surface area contributed by atoms with Crippen molar-refractivity contribution in [2.24, 2.45) is 11.7 Å². The third-order valence-corrected chi connectivity index (χ3v) is 5.20. The van der Waals surface area contributed by atoms with Crippen LogP contribution >= 0.6 is 0 Å². The van der Waals surface area contributed by atoms with Crippen LogP contribution in [0.5, 0.6) is 0 Å². The van der Waals surface area contributed by atoms with Crippen molar-refractivity contribution >= 4 is 12.0 Å². The monoisotopic (exact) mass is 359 g/mol. The van der Waals surface area contributed by atoms with Gasteiger partial charge < -0.3 is 20.3 Å². The minimum absolute atomic E-state index is 0.0183. The van der Waals surface area contributed by atoms with Crippen LogP contribution in [0.1, 0.15) is 38.2 Å². The van der Waals surface area contributed by atoms with Gasteiger partial charge >= 0.3 is 6.09 Å². The molecule has 0 unspecified atom stereocenters. The number of benzene rings is 1. The van der Waals surface area contributed by atoms with Gasteiger partial charge in [0.15, 0.2) is 0 Å². The highest BCUT2D eigenvalue weighted by Gasteiger charge is 2.36. The van der Waals surface area contributed by atoms with E-state index in [-0.39, 0.29) is 12.0 Å². The zero-order valence-electron chi connectivity index (χ0n) is 15.5. The Bertz CT molecular complexity index is 608. The van der Waals surface area contributed by atoms with Gasteiger partial charge in [0.1, 0.15) is 6.61 Å². The van der Waals surface area contributed by atoms with Crippen LogP contribution in [0.4, 0.5) is 4.79 Å². The van der Waals surface area contributed by atoms with E-state index in [1.807, 2.05) is 40.1 Å². The molecule has 1 heterocycles. The number of rotatable bonds is 6. The Kier molecular flexibility index (Phi) is 6.14. The molecule has 0 radical (unpaired) electrons. The fourth-order valence-electron chi connectivity index (χ4n) is 3.46. The second-order valence-electron chi connectivity index (χ2n) is 7.48. The van der Waals surface area contributed by atoms with Gasteiger partial charge in [0, 0.05) is 25.7 Å². The van der Waals surface area contributed by atoms with E-state index in [0.29, 0.717) is 18.6 Å². The van der Waals surface area contributed by atoms with E-state index in [0.717, 1.165) is 50.9 Å². The predicted molar refractivity (Wildman–Crippen MR) is 99.3 cm³/mol. The first-order chi connectivity index (χ1) is 12.5. The molecule has 26 heavy (non-hydrogen) atoms. The highest BCUT2D eigenvalue weighted by molar-refractivity contribution is 5.81. The number of carbonyl (C=O) groups excluding carboxylic acids is 2. The third kappa shape index (κ3) is 4.97. The van der Waals surface area contributed by atoms with Crippen molar-refractivity contribution in [2.75, 3.05) is 19.6 Å². The summed E-state index contributed by atoms with van der Waals surface area (Å²) in [5.41, 5.74) is 6.69. The lowest BCUT2D eigenvalue weighted by atomic mass is 9.95. The Morgan fingerprint density at radius 1 is 1.19 bits per heavy atom. The van der Waals surface area contributed by atoms with E-state index >= 15 is 0 Å². The predicted octanol–water partition coefficient (Wildman–Crippen LogP) is 2.37. The first-order valence-electron chi connectivity index (χ1n) is 9.56. The van der Waals surface area contributed by atoms with Gasteiger partial charge in [-0.3, -0.25) is 4.79 Å². The first-order valence-corrected chi connectivity index (χ1v) is 9.56. The lowest BCUT2D eigenvalue weighted by Gasteiger charge is -2.35. The quantitative estimate of drug-likeness (QED) is 0.846. The second-order valence-corrected chi connectivity index (χ2v) is 7.48. The van der Waals surface area contributed by atoms with Crippen LogP contribution in [0.25, 0.3) is 0 Å². The molecule has 0 spiro atoms. The number of hydrogen-bond acceptors (Lipinski definition) is 4. The molecule has 6 nitrogen and oxygen atoms in total. The topological polar surface area (TPSA) is 75.9 Å². The molecule has 1 aromatic rings. The van der Waals surface area contributed by atoms with Crippen molar-refractivity contribution in [3.8, 4) is 0 Å². The van der Waals surface area contributed by atoms with E-state index in [2.05, 4.69) is 0 Å². The van der Waals surface area contributed by atoms with Crippen molar-refractivity contribution in [3.63, 3.8) is 0 Å². The fraction of sp³-hybridized carbons (Fsp3) is 0.600. The van der Waals surface area contributed by atoms with Crippen molar-refractivity contribution < 1.29 is 14.3 Å². The van der Waals surface area contributed by atoms with Crippen LogP contribution < -0.4 is 5.73 Å². The van der Waals surface area contributed by atoms with Crippen molar-refractivity contribution in [1.29, 1.82) is 0 Å². The van der Waals surface area contributed by atoms with Gasteiger partial charge in [0.05, 0.1) is 6.04 Å². The first kappa shape index (κ1) is 18.7. The summed E-state index contributed by atoms with van der Waals surface area (Å²) in [4.78, 5) is 28.3. The summed E-state index contributed by atoms with van der Waals surface area (Å²) in [6.07, 6.45) is 3.72. The molecule has 1 saturated heterocycles. The number of ether oxygens (including phenoxy) is 1. The van der Waals surface area contributed by atoms with Gasteiger partial charge in [-0.25, -0.2) is 4.79 Å². The van der Waals surface area contributed by atoms with Gasteiger partial charge in [0.2, 0.25) is 5.91 Å². The van der Waals surface area contributed by atoms with Crippen LogP contribution in [-0.4, -0.2) is 53.5 Å². The standard InChI is InChI=1S/C20H29N3O3/c1-15(21)19(24)22-11-9-16(10-12-22)13-23(18-7-8-18)20(25)26-14-17-5-3-2-4-6-17/h2-6,15-16,18H,7-14,21H2,1H3/t15-/m0/s1. The van der Waals surface area contributed by atoms with Crippen LogP contribution in [-0.2, 0) is 16.1 Å². The van der Waals surface area contributed by atoms with E-state index in [1.54, 1.807) is 6.92 Å². The molecule has 1 saturated carbocycles. The maximum atomic E-state index is 12.6. The molecular formula is C20H29N3O3. The number of likely N-dealkylation sites (tertiary alicyclic amines) is 1. The van der Waals surface area contributed by atoms with Crippen molar-refractivity contribution in [2.45, 2.75) is 51.3 Å². The molecule has 1 aliphatic heterocycles. The maximum absolute atomic E-state index is 12.6. The molecule has 2 fully saturated rings. The highest BCUT2D eigenvalue weighted by Crippen LogP contribution is 2.30. The zero-order valence-corrected chi connectivity index (χ0v) is 15.5. The molecule has 1 aromatic carbocycles. The molecule has 142 valence electrons. The molecule has 3 rings (SSSR count). The fourth-order valence-corrected chi connectivity index (χ4v) is 3.46. The minimum atomic E-state index is -0.442. The number of nitrogens with two attached hydrogens (primary N) is 1. The average Bonchev–Trinajstić information content (AvgIpc) is 3.50. The third-order valence-electron chi connectivity index (χ3n) is 5.20. The number of hydrogen-bond donors (Lipinski definition) is 1. The molecule has 1 aliphatic carbocycles. The molecular weight excluding hydrogens is 330 g/mol. The summed E-state index contributed by atoms with van der Waals surface area (Å²) >= 11 is 0. The van der Waals surface area contributed by atoms with Gasteiger partial charge in [-0.2, -0.15) is 0 Å². The summed E-state index contributed by atoms with van der Waals surface area (Å²) in [6, 6.07) is 9.63. The van der Waals surface area contributed by atoms with Crippen molar-refractivity contribution in [3.05, 3.63) is 35.9 Å². The Morgan fingerprint density at radius 3 is 2.42 bits per heavy atom. The van der Waals surface area contributed by atoms with E-state index in [9.17, 15) is 9.59 Å². The maximum Gasteiger partial charge on any atom is 0.410 e. The minimum Gasteiger partial charge on any atom is -0.445 e. The highest BCUT2D eigenvalue weighted by atomic mass is 16.6. The van der Waals surface area contributed by atoms with Crippen LogP contribution in [0, 0.1) is 5.92 Å². The second kappa shape index (κ2) is 8.54. The van der Waals surface area contributed by atoms with E-state index in [1.165, 1.54) is 0 Å². The number of carbonyl (C=O) groups is 2. The Labute approximate surface area is 155 Å². The SMILES string of the molecule is C[C@H](N)C(=O)N1CCC(CN(C(=O)OCc2ccccc2)C2CC2)CC1. The molecule has 2 amide bonds. The van der Waals surface area contributed by atoms with Gasteiger partial charge in [-0.15, -0.1) is 0 Å². The lowest BCUT2D eigenvalue weighted by Crippen LogP contribution is -2.47. The number of piperidine rings is 1. The molecule has 0 bridgehead atoms. The summed E-state index contributed by atoms with van der Waals surface area (Å²) in [6.45, 7) is 4.21. The summed E-state index contributed by atoms with van der Waals surface area (Å²) in [7, 11) is 0. The number of nitrogens with zero attached hydrogens (tertiary/aromatic N) is 2. The Morgan fingerprint density at radius 2 is 1.85 bits per heavy atom. The van der Waals surface area contributed by atoms with Crippen LogP contribution in [0.3, 0.4) is 0 Å². The van der Waals surface area contributed by atoms with Gasteiger partial charge in [0.25, 0.3) is 0 Å². The van der Waals surface area contributed by atoms with E-state index in [4.69, 9.17) is 10.5 Å². The smallest absolute Gasteiger partial charge is 0.410 e. The number of amides is 2. The summed E-state index contributed by atoms with van der Waals surface area (Å²) in [5.74, 6) is 0.432. The Hall–Kier alpha value is -2.08. The normalized spacial score (nSPS) is 19.1. The van der Waals surface area contributed by atoms with Crippen LogP contribution in [0.15, 0.2) is 30.3 Å². The van der Waals surface area contributed by atoms with E-state index < -0.39 is 6.04 Å². The largest absolute Gasteiger partial charge is 0.445 e. The van der Waals surface area contributed by atoms with Gasteiger partial charge in [-0.1, -0.05) is 30.3 Å². The molecule has 2 N–H and O–H groups in total. The lowest BCUT2D eigenvalue weighted by molar-refractivity contribution is -0.133. The molecule has 1 atom stereocenters. The zero-order chi connectivity index (χ0) is 18.5. The molecule has 0 aromatic heterocycles. The summed E-state index contributed by atoms with van der Waals surface area (Å²) < 4.78 is 5.53. The molecule has 2 aliphatic rings. The van der Waals surface area contributed by atoms with Gasteiger partial charge in [-0.05, 0) is 44.1 Å². The average molecular weight is 359 g/mol. The van der Waals surface area contributed by atoms with Crippen LogP contribution in [0.2, 0.25) is 0 Å². The van der Waals surface area contributed by atoms with Crippen molar-refractivity contribution in [1.82, 2.24) is 9.80 Å². The Balaban J connectivity index is 1.48.